The van der Waals surface area contributed by atoms with E-state index >= 15 is 0 Å². The van der Waals surface area contributed by atoms with E-state index in [0.717, 1.165) is 19.3 Å². The van der Waals surface area contributed by atoms with Gasteiger partial charge in [-0.05, 0) is 41.5 Å². The van der Waals surface area contributed by atoms with E-state index in [1.54, 1.807) is 0 Å². The number of benzene rings is 1. The third-order valence-corrected chi connectivity index (χ3v) is 2.86. The zero-order chi connectivity index (χ0) is 10.6. The number of hydrogen-bond donors (Lipinski definition) is 0. The summed E-state index contributed by atoms with van der Waals surface area (Å²) in [6.45, 7) is 10.6. The van der Waals surface area contributed by atoms with Crippen molar-refractivity contribution >= 4 is 6.08 Å². The molecule has 0 nitrogen and oxygen atoms in total. The van der Waals surface area contributed by atoms with E-state index in [2.05, 4.69) is 39.5 Å². The minimum atomic E-state index is 1.10. The molecule has 0 saturated carbocycles. The lowest BCUT2D eigenvalue weighted by Gasteiger charge is -2.13. The van der Waals surface area contributed by atoms with E-state index in [1.807, 2.05) is 6.08 Å². The van der Waals surface area contributed by atoms with Gasteiger partial charge in [-0.2, -0.15) is 0 Å². The molecular formula is C14H20. The Bertz CT molecular complexity index is 321. The van der Waals surface area contributed by atoms with Gasteiger partial charge in [0.1, 0.15) is 0 Å². The third kappa shape index (κ3) is 1.89. The van der Waals surface area contributed by atoms with Crippen molar-refractivity contribution in [2.24, 2.45) is 0 Å². The van der Waals surface area contributed by atoms with Crippen LogP contribution < -0.4 is 0 Å². The summed E-state index contributed by atoms with van der Waals surface area (Å²) in [5.74, 6) is 0. The second-order valence-electron chi connectivity index (χ2n) is 3.54. The molecule has 0 unspecified atom stereocenters. The largest absolute Gasteiger partial charge is 0.0984 e. The van der Waals surface area contributed by atoms with Crippen LogP contribution in [0.15, 0.2) is 18.7 Å². The molecule has 0 aliphatic heterocycles. The van der Waals surface area contributed by atoms with Gasteiger partial charge < -0.3 is 0 Å². The Balaban J connectivity index is 3.35. The van der Waals surface area contributed by atoms with Gasteiger partial charge in [0.25, 0.3) is 0 Å². The van der Waals surface area contributed by atoms with Crippen molar-refractivity contribution in [1.82, 2.24) is 0 Å². The highest BCUT2D eigenvalue weighted by Crippen LogP contribution is 2.22. The molecule has 0 atom stereocenters. The lowest BCUT2D eigenvalue weighted by atomic mass is 9.92. The maximum Gasteiger partial charge on any atom is -0.0196 e. The van der Waals surface area contributed by atoms with Crippen LogP contribution in [0.4, 0.5) is 0 Å². The van der Waals surface area contributed by atoms with E-state index in [0.29, 0.717) is 0 Å². The highest BCUT2D eigenvalue weighted by molar-refractivity contribution is 5.59. The molecule has 14 heavy (non-hydrogen) atoms. The Morgan fingerprint density at radius 3 is 2.00 bits per heavy atom. The minimum Gasteiger partial charge on any atom is -0.0984 e. The van der Waals surface area contributed by atoms with Crippen LogP contribution in [-0.2, 0) is 19.3 Å². The number of aryl methyl sites for hydroxylation is 2. The normalized spacial score (nSPS) is 10.2. The number of hydrogen-bond acceptors (Lipinski definition) is 0. The van der Waals surface area contributed by atoms with E-state index in [1.165, 1.54) is 22.3 Å². The van der Waals surface area contributed by atoms with Crippen molar-refractivity contribution in [1.29, 1.82) is 0 Å². The summed E-state index contributed by atoms with van der Waals surface area (Å²) in [6, 6.07) is 4.51. The fourth-order valence-corrected chi connectivity index (χ4v) is 2.07. The zero-order valence-corrected chi connectivity index (χ0v) is 9.56. The van der Waals surface area contributed by atoms with Gasteiger partial charge in [0.05, 0.1) is 0 Å². The predicted molar refractivity (Wildman–Crippen MR) is 64.7 cm³/mol. The molecule has 76 valence electrons. The molecule has 0 heterocycles. The monoisotopic (exact) mass is 188 g/mol. The van der Waals surface area contributed by atoms with Crippen LogP contribution in [0.1, 0.15) is 43.0 Å². The summed E-state index contributed by atoms with van der Waals surface area (Å²) in [7, 11) is 0. The third-order valence-electron chi connectivity index (χ3n) is 2.86. The average Bonchev–Trinajstić information content (AvgIpc) is 2.26. The molecular weight excluding hydrogens is 168 g/mol. The lowest BCUT2D eigenvalue weighted by molar-refractivity contribution is 1.01. The van der Waals surface area contributed by atoms with Crippen LogP contribution in [0, 0.1) is 0 Å². The molecule has 0 aliphatic carbocycles. The van der Waals surface area contributed by atoms with Crippen LogP contribution in [0.3, 0.4) is 0 Å². The second-order valence-corrected chi connectivity index (χ2v) is 3.54. The second kappa shape index (κ2) is 4.99. The predicted octanol–water partition coefficient (Wildman–Crippen LogP) is 4.02. The van der Waals surface area contributed by atoms with E-state index in [4.69, 9.17) is 0 Å². The lowest BCUT2D eigenvalue weighted by Crippen LogP contribution is -1.98. The first-order valence-electron chi connectivity index (χ1n) is 5.54. The summed E-state index contributed by atoms with van der Waals surface area (Å²) in [5.41, 5.74) is 5.75. The van der Waals surface area contributed by atoms with Crippen molar-refractivity contribution in [2.45, 2.75) is 40.0 Å². The summed E-state index contributed by atoms with van der Waals surface area (Å²) in [5, 5.41) is 0. The fraction of sp³-hybridized carbons (Fsp3) is 0.429. The molecule has 0 fully saturated rings. The SMILES string of the molecule is C=Cc1c(CC)ccc(CC)c1CC. The van der Waals surface area contributed by atoms with E-state index in [-0.39, 0.29) is 0 Å². The van der Waals surface area contributed by atoms with Gasteiger partial charge in [0.2, 0.25) is 0 Å². The van der Waals surface area contributed by atoms with Crippen molar-refractivity contribution < 1.29 is 0 Å². The molecule has 1 rings (SSSR count). The van der Waals surface area contributed by atoms with Gasteiger partial charge >= 0.3 is 0 Å². The molecule has 0 amide bonds. The van der Waals surface area contributed by atoms with Gasteiger partial charge in [-0.1, -0.05) is 45.6 Å². The van der Waals surface area contributed by atoms with Crippen LogP contribution >= 0.6 is 0 Å². The molecule has 0 radical (unpaired) electrons. The summed E-state index contributed by atoms with van der Waals surface area (Å²) < 4.78 is 0. The molecule has 0 heteroatoms. The first-order chi connectivity index (χ1) is 6.78. The Morgan fingerprint density at radius 1 is 1.00 bits per heavy atom. The Labute approximate surface area is 87.7 Å². The highest BCUT2D eigenvalue weighted by Gasteiger charge is 2.06. The quantitative estimate of drug-likeness (QED) is 0.669. The van der Waals surface area contributed by atoms with Gasteiger partial charge in [-0.25, -0.2) is 0 Å². The summed E-state index contributed by atoms with van der Waals surface area (Å²) in [6.07, 6.45) is 5.33. The maximum absolute atomic E-state index is 3.92. The Morgan fingerprint density at radius 2 is 1.57 bits per heavy atom. The van der Waals surface area contributed by atoms with Crippen molar-refractivity contribution in [2.75, 3.05) is 0 Å². The van der Waals surface area contributed by atoms with Crippen LogP contribution in [0.5, 0.6) is 0 Å². The average molecular weight is 188 g/mol. The highest BCUT2D eigenvalue weighted by atomic mass is 14.1. The minimum absolute atomic E-state index is 1.10. The topological polar surface area (TPSA) is 0 Å². The van der Waals surface area contributed by atoms with Crippen molar-refractivity contribution in [3.8, 4) is 0 Å². The molecule has 0 bridgehead atoms. The standard InChI is InChI=1S/C14H20/c1-5-11-9-10-12(6-2)14(8-4)13(11)7-3/h7,9-10H,3,5-6,8H2,1-2,4H3. The molecule has 0 aliphatic rings. The molecule has 0 aromatic heterocycles. The maximum atomic E-state index is 3.92. The van der Waals surface area contributed by atoms with Crippen molar-refractivity contribution in [3.05, 3.63) is 41.0 Å². The fourth-order valence-electron chi connectivity index (χ4n) is 2.07. The van der Waals surface area contributed by atoms with Gasteiger partial charge in [0, 0.05) is 0 Å². The Hall–Kier alpha value is -1.04. The summed E-state index contributed by atoms with van der Waals surface area (Å²) >= 11 is 0. The first-order valence-corrected chi connectivity index (χ1v) is 5.54. The first kappa shape index (κ1) is 11.0. The van der Waals surface area contributed by atoms with E-state index < -0.39 is 0 Å². The molecule has 0 spiro atoms. The molecule has 0 N–H and O–H groups in total. The van der Waals surface area contributed by atoms with Gasteiger partial charge in [-0.3, -0.25) is 0 Å². The molecule has 1 aromatic carbocycles. The smallest absolute Gasteiger partial charge is 0.0196 e. The van der Waals surface area contributed by atoms with Crippen LogP contribution in [-0.4, -0.2) is 0 Å². The molecule has 1 aromatic rings. The Kier molecular flexibility index (Phi) is 3.94. The van der Waals surface area contributed by atoms with E-state index in [9.17, 15) is 0 Å². The number of rotatable bonds is 4. The van der Waals surface area contributed by atoms with Crippen LogP contribution in [0.25, 0.3) is 6.08 Å². The van der Waals surface area contributed by atoms with Crippen molar-refractivity contribution in [3.63, 3.8) is 0 Å². The van der Waals surface area contributed by atoms with Crippen LogP contribution in [0.2, 0.25) is 0 Å². The summed E-state index contributed by atoms with van der Waals surface area (Å²) in [4.78, 5) is 0. The zero-order valence-electron chi connectivity index (χ0n) is 9.56. The van der Waals surface area contributed by atoms with Gasteiger partial charge in [-0.15, -0.1) is 0 Å². The van der Waals surface area contributed by atoms with Gasteiger partial charge in [0.15, 0.2) is 0 Å². The molecule has 0 saturated heterocycles.